The summed E-state index contributed by atoms with van der Waals surface area (Å²) in [6, 6.07) is 7.60. The molecule has 0 spiro atoms. The van der Waals surface area contributed by atoms with Crippen molar-refractivity contribution in [2.24, 2.45) is 0 Å². The smallest absolute Gasteiger partial charge is 0.272 e. The molecule has 6 nitrogen and oxygen atoms in total. The van der Waals surface area contributed by atoms with Crippen molar-refractivity contribution in [2.75, 3.05) is 5.75 Å². The van der Waals surface area contributed by atoms with E-state index in [1.165, 1.54) is 30.4 Å². The minimum atomic E-state index is -0.509. The molecule has 0 aliphatic rings. The van der Waals surface area contributed by atoms with Gasteiger partial charge in [0.05, 0.1) is 11.9 Å². The Morgan fingerprint density at radius 1 is 1.14 bits per heavy atom. The lowest BCUT2D eigenvalue weighted by Crippen LogP contribution is -2.42. The Hall–Kier alpha value is -1.93. The molecule has 0 unspecified atom stereocenters. The molecule has 0 saturated heterocycles. The first-order valence-electron chi connectivity index (χ1n) is 5.89. The van der Waals surface area contributed by atoms with Gasteiger partial charge in [-0.25, -0.2) is 4.98 Å². The van der Waals surface area contributed by atoms with Crippen molar-refractivity contribution in [3.8, 4) is 0 Å². The minimum Gasteiger partial charge on any atom is -0.272 e. The lowest BCUT2D eigenvalue weighted by Gasteiger charge is -2.06. The third kappa shape index (κ3) is 5.16. The maximum absolute atomic E-state index is 11.6. The molecule has 8 heteroatoms. The average molecular weight is 367 g/mol. The Labute approximate surface area is 133 Å². The number of rotatable bonds is 4. The summed E-state index contributed by atoms with van der Waals surface area (Å²) >= 11 is 4.71. The predicted molar refractivity (Wildman–Crippen MR) is 82.5 cm³/mol. The highest BCUT2D eigenvalue weighted by molar-refractivity contribution is 9.10. The van der Waals surface area contributed by atoms with Crippen molar-refractivity contribution in [3.63, 3.8) is 0 Å². The molecule has 2 amide bonds. The Kier molecular flexibility index (Phi) is 5.70. The fourth-order valence-corrected chi connectivity index (χ4v) is 2.29. The number of hydrogen-bond donors (Lipinski definition) is 2. The summed E-state index contributed by atoms with van der Waals surface area (Å²) in [6.45, 7) is 0. The van der Waals surface area contributed by atoms with Gasteiger partial charge in [0.2, 0.25) is 5.91 Å². The van der Waals surface area contributed by atoms with Crippen molar-refractivity contribution in [1.29, 1.82) is 0 Å². The number of carbonyl (C=O) groups excluding carboxylic acids is 2. The monoisotopic (exact) mass is 366 g/mol. The van der Waals surface area contributed by atoms with Gasteiger partial charge in [0.15, 0.2) is 0 Å². The van der Waals surface area contributed by atoms with E-state index in [4.69, 9.17) is 0 Å². The molecule has 0 radical (unpaired) electrons. The van der Waals surface area contributed by atoms with Gasteiger partial charge in [-0.3, -0.25) is 25.4 Å². The molecule has 0 bridgehead atoms. The summed E-state index contributed by atoms with van der Waals surface area (Å²) in [5.74, 6) is -0.618. The molecule has 1 aromatic heterocycles. The van der Waals surface area contributed by atoms with Gasteiger partial charge in [0.25, 0.3) is 5.91 Å². The van der Waals surface area contributed by atoms with E-state index in [1.54, 1.807) is 0 Å². The fourth-order valence-electron chi connectivity index (χ4n) is 1.32. The highest BCUT2D eigenvalue weighted by Gasteiger charge is 2.08. The number of halogens is 1. The molecule has 2 rings (SSSR count). The SMILES string of the molecule is O=C(CSc1ccc(Br)cc1)NNC(=O)c1cnccn1. The number of hydrazine groups is 1. The summed E-state index contributed by atoms with van der Waals surface area (Å²) in [6.07, 6.45) is 4.18. The van der Waals surface area contributed by atoms with Crippen LogP contribution in [0.3, 0.4) is 0 Å². The molecule has 0 saturated carbocycles. The first kappa shape index (κ1) is 15.5. The van der Waals surface area contributed by atoms with E-state index >= 15 is 0 Å². The number of aromatic nitrogens is 2. The lowest BCUT2D eigenvalue weighted by molar-refractivity contribution is -0.119. The van der Waals surface area contributed by atoms with Crippen LogP contribution >= 0.6 is 27.7 Å². The predicted octanol–water partition coefficient (Wildman–Crippen LogP) is 1.79. The number of thioether (sulfide) groups is 1. The quantitative estimate of drug-likeness (QED) is 0.636. The third-order valence-corrected chi connectivity index (χ3v) is 3.84. The van der Waals surface area contributed by atoms with Crippen LogP contribution in [0.1, 0.15) is 10.5 Å². The second-order valence-electron chi connectivity index (χ2n) is 3.84. The van der Waals surface area contributed by atoms with Crippen LogP contribution in [-0.2, 0) is 4.79 Å². The second-order valence-corrected chi connectivity index (χ2v) is 5.80. The van der Waals surface area contributed by atoms with E-state index in [2.05, 4.69) is 36.7 Å². The first-order chi connectivity index (χ1) is 10.1. The van der Waals surface area contributed by atoms with Gasteiger partial charge in [-0.1, -0.05) is 15.9 Å². The van der Waals surface area contributed by atoms with E-state index in [0.717, 1.165) is 9.37 Å². The third-order valence-electron chi connectivity index (χ3n) is 2.29. The average Bonchev–Trinajstić information content (AvgIpc) is 2.53. The van der Waals surface area contributed by atoms with Crippen molar-refractivity contribution in [1.82, 2.24) is 20.8 Å². The van der Waals surface area contributed by atoms with Crippen molar-refractivity contribution < 1.29 is 9.59 Å². The Balaban J connectivity index is 1.75. The Bertz CT molecular complexity index is 622. The molecule has 0 aliphatic heterocycles. The molecule has 21 heavy (non-hydrogen) atoms. The number of nitrogens with one attached hydrogen (secondary N) is 2. The Morgan fingerprint density at radius 2 is 1.90 bits per heavy atom. The zero-order valence-corrected chi connectivity index (χ0v) is 13.1. The van der Waals surface area contributed by atoms with Crippen LogP contribution in [0.2, 0.25) is 0 Å². The van der Waals surface area contributed by atoms with Crippen LogP contribution in [0.15, 0.2) is 52.2 Å². The molecule has 2 aromatic rings. The van der Waals surface area contributed by atoms with Crippen LogP contribution in [0.5, 0.6) is 0 Å². The van der Waals surface area contributed by atoms with Gasteiger partial charge in [-0.2, -0.15) is 0 Å². The molecule has 1 aromatic carbocycles. The maximum Gasteiger partial charge on any atom is 0.289 e. The maximum atomic E-state index is 11.6. The van der Waals surface area contributed by atoms with Gasteiger partial charge < -0.3 is 0 Å². The molecular formula is C13H11BrN4O2S. The molecule has 0 atom stereocenters. The van der Waals surface area contributed by atoms with Gasteiger partial charge >= 0.3 is 0 Å². The summed E-state index contributed by atoms with van der Waals surface area (Å²) in [7, 11) is 0. The van der Waals surface area contributed by atoms with E-state index in [1.807, 2.05) is 24.3 Å². The molecule has 2 N–H and O–H groups in total. The number of carbonyl (C=O) groups is 2. The highest BCUT2D eigenvalue weighted by atomic mass is 79.9. The van der Waals surface area contributed by atoms with Crippen LogP contribution in [0, 0.1) is 0 Å². The minimum absolute atomic E-state index is 0.137. The second kappa shape index (κ2) is 7.75. The summed E-state index contributed by atoms with van der Waals surface area (Å²) < 4.78 is 0.979. The topological polar surface area (TPSA) is 84.0 Å². The summed E-state index contributed by atoms with van der Waals surface area (Å²) in [5, 5.41) is 0. The summed E-state index contributed by atoms with van der Waals surface area (Å²) in [5.41, 5.74) is 4.75. The zero-order valence-electron chi connectivity index (χ0n) is 10.7. The van der Waals surface area contributed by atoms with E-state index in [0.29, 0.717) is 0 Å². The number of amides is 2. The first-order valence-corrected chi connectivity index (χ1v) is 7.66. The zero-order chi connectivity index (χ0) is 15.1. The van der Waals surface area contributed by atoms with E-state index < -0.39 is 5.91 Å². The number of nitrogens with zero attached hydrogens (tertiary/aromatic N) is 2. The number of hydrogen-bond acceptors (Lipinski definition) is 5. The molecule has 0 aliphatic carbocycles. The number of benzene rings is 1. The van der Waals surface area contributed by atoms with Crippen molar-refractivity contribution in [3.05, 3.63) is 53.0 Å². The van der Waals surface area contributed by atoms with E-state index in [-0.39, 0.29) is 17.4 Å². The lowest BCUT2D eigenvalue weighted by atomic mass is 10.4. The van der Waals surface area contributed by atoms with Crippen molar-refractivity contribution >= 4 is 39.5 Å². The van der Waals surface area contributed by atoms with Crippen LogP contribution in [0.25, 0.3) is 0 Å². The van der Waals surface area contributed by atoms with Crippen LogP contribution in [-0.4, -0.2) is 27.5 Å². The van der Waals surface area contributed by atoms with Crippen LogP contribution in [0.4, 0.5) is 0 Å². The molecule has 0 fully saturated rings. The molecule has 1 heterocycles. The van der Waals surface area contributed by atoms with Crippen molar-refractivity contribution in [2.45, 2.75) is 4.90 Å². The van der Waals surface area contributed by atoms with Gasteiger partial charge in [-0.15, -0.1) is 11.8 Å². The standard InChI is InChI=1S/C13H11BrN4O2S/c14-9-1-3-10(4-2-9)21-8-12(19)17-18-13(20)11-7-15-5-6-16-11/h1-7H,8H2,(H,17,19)(H,18,20). The summed E-state index contributed by atoms with van der Waals surface area (Å²) in [4.78, 5) is 31.8. The van der Waals surface area contributed by atoms with Gasteiger partial charge in [-0.05, 0) is 24.3 Å². The molecule has 108 valence electrons. The fraction of sp³-hybridized carbons (Fsp3) is 0.0769. The largest absolute Gasteiger partial charge is 0.289 e. The highest BCUT2D eigenvalue weighted by Crippen LogP contribution is 2.20. The normalized spacial score (nSPS) is 9.95. The Morgan fingerprint density at radius 3 is 2.57 bits per heavy atom. The van der Waals surface area contributed by atoms with Gasteiger partial charge in [0.1, 0.15) is 5.69 Å². The molecular weight excluding hydrogens is 356 g/mol. The van der Waals surface area contributed by atoms with E-state index in [9.17, 15) is 9.59 Å². The van der Waals surface area contributed by atoms with Gasteiger partial charge in [0, 0.05) is 21.8 Å². The van der Waals surface area contributed by atoms with Crippen LogP contribution < -0.4 is 10.9 Å².